The molecule has 2 aromatic heterocycles. The van der Waals surface area contributed by atoms with Crippen LogP contribution in [0.3, 0.4) is 0 Å². The van der Waals surface area contributed by atoms with Crippen molar-refractivity contribution in [3.63, 3.8) is 0 Å². The van der Waals surface area contributed by atoms with Crippen LogP contribution in [0.2, 0.25) is 0 Å². The van der Waals surface area contributed by atoms with Crippen molar-refractivity contribution in [3.05, 3.63) is 47.7 Å². The summed E-state index contributed by atoms with van der Waals surface area (Å²) in [5, 5.41) is 6.46. The lowest BCUT2D eigenvalue weighted by Gasteiger charge is -2.33. The van der Waals surface area contributed by atoms with Gasteiger partial charge in [-0.05, 0) is 38.0 Å². The summed E-state index contributed by atoms with van der Waals surface area (Å²) < 4.78 is 5.56. The van der Waals surface area contributed by atoms with E-state index in [1.807, 2.05) is 32.0 Å². The van der Waals surface area contributed by atoms with Crippen molar-refractivity contribution in [3.8, 4) is 0 Å². The lowest BCUT2D eigenvalue weighted by molar-refractivity contribution is -0.121. The van der Waals surface area contributed by atoms with Crippen molar-refractivity contribution in [2.45, 2.75) is 38.8 Å². The fraction of sp³-hybridized carbons (Fsp3) is 0.444. The van der Waals surface area contributed by atoms with Crippen LogP contribution >= 0.6 is 0 Å². The minimum atomic E-state index is -0.0249. The van der Waals surface area contributed by atoms with Gasteiger partial charge in [0.15, 0.2) is 0 Å². The van der Waals surface area contributed by atoms with E-state index in [4.69, 9.17) is 4.74 Å². The number of hydrogen-bond acceptors (Lipinski definition) is 6. The molecular formula is C18H23N5O2. The number of nitrogens with zero attached hydrogens (tertiary/aromatic N) is 3. The first kappa shape index (κ1) is 17.3. The molecule has 0 radical (unpaired) electrons. The molecule has 0 spiro atoms. The third-order valence-corrected chi connectivity index (χ3v) is 4.15. The molecule has 132 valence electrons. The van der Waals surface area contributed by atoms with Gasteiger partial charge in [-0.1, -0.05) is 6.07 Å². The molecule has 2 aromatic rings. The van der Waals surface area contributed by atoms with E-state index in [1.165, 1.54) is 0 Å². The summed E-state index contributed by atoms with van der Waals surface area (Å²) in [6, 6.07) is 5.64. The second kappa shape index (κ2) is 8.02. The van der Waals surface area contributed by atoms with E-state index in [-0.39, 0.29) is 18.0 Å². The molecule has 0 unspecified atom stereocenters. The molecule has 0 saturated carbocycles. The lowest BCUT2D eigenvalue weighted by Crippen LogP contribution is -2.52. The van der Waals surface area contributed by atoms with Gasteiger partial charge in [0.1, 0.15) is 11.6 Å². The number of anilines is 1. The van der Waals surface area contributed by atoms with Crippen LogP contribution in [0.15, 0.2) is 30.6 Å². The molecule has 2 N–H and O–H groups in total. The van der Waals surface area contributed by atoms with Crippen molar-refractivity contribution < 1.29 is 9.53 Å². The number of carbonyl (C=O) groups is 1. The largest absolute Gasteiger partial charge is 0.379 e. The predicted octanol–water partition coefficient (Wildman–Crippen LogP) is 1.42. The molecule has 3 heterocycles. The molecule has 7 heteroatoms. The number of rotatable bonds is 5. The lowest BCUT2D eigenvalue weighted by atomic mass is 10.0. The summed E-state index contributed by atoms with van der Waals surface area (Å²) in [4.78, 5) is 25.1. The van der Waals surface area contributed by atoms with Gasteiger partial charge in [-0.2, -0.15) is 0 Å². The Morgan fingerprint density at radius 1 is 1.24 bits per heavy atom. The molecule has 25 heavy (non-hydrogen) atoms. The first-order valence-electron chi connectivity index (χ1n) is 8.45. The Hall–Kier alpha value is -2.54. The van der Waals surface area contributed by atoms with E-state index in [2.05, 4.69) is 25.6 Å². The average molecular weight is 341 g/mol. The van der Waals surface area contributed by atoms with Crippen molar-refractivity contribution >= 4 is 11.7 Å². The zero-order valence-corrected chi connectivity index (χ0v) is 14.5. The van der Waals surface area contributed by atoms with Crippen LogP contribution in [0.25, 0.3) is 0 Å². The molecule has 7 nitrogen and oxygen atoms in total. The van der Waals surface area contributed by atoms with Crippen LogP contribution in [0.1, 0.15) is 23.5 Å². The van der Waals surface area contributed by atoms with Gasteiger partial charge >= 0.3 is 0 Å². The topological polar surface area (TPSA) is 89.0 Å². The zero-order valence-electron chi connectivity index (χ0n) is 14.5. The van der Waals surface area contributed by atoms with Crippen molar-refractivity contribution in [1.82, 2.24) is 20.3 Å². The van der Waals surface area contributed by atoms with Gasteiger partial charge in [0.05, 0.1) is 25.1 Å². The van der Waals surface area contributed by atoms with Crippen LogP contribution in [-0.2, 0) is 16.0 Å². The van der Waals surface area contributed by atoms with Gasteiger partial charge in [-0.15, -0.1) is 0 Å². The van der Waals surface area contributed by atoms with Crippen molar-refractivity contribution in [2.24, 2.45) is 0 Å². The van der Waals surface area contributed by atoms with E-state index in [0.29, 0.717) is 25.5 Å². The maximum atomic E-state index is 12.4. The number of carbonyl (C=O) groups excluding carboxylic acids is 1. The highest BCUT2D eigenvalue weighted by Gasteiger charge is 2.27. The predicted molar refractivity (Wildman–Crippen MR) is 94.2 cm³/mol. The summed E-state index contributed by atoms with van der Waals surface area (Å²) in [6.45, 7) is 4.94. The minimum absolute atomic E-state index is 0.00470. The quantitative estimate of drug-likeness (QED) is 0.855. The van der Waals surface area contributed by atoms with Gasteiger partial charge in [0, 0.05) is 24.7 Å². The Bertz CT molecular complexity index is 720. The summed E-state index contributed by atoms with van der Waals surface area (Å²) in [5.74, 6) is 1.43. The van der Waals surface area contributed by atoms with Gasteiger partial charge in [-0.25, -0.2) is 9.97 Å². The van der Waals surface area contributed by atoms with Crippen LogP contribution in [0.5, 0.6) is 0 Å². The van der Waals surface area contributed by atoms with E-state index < -0.39 is 0 Å². The number of aryl methyl sites for hydroxylation is 2. The molecule has 0 bridgehead atoms. The summed E-state index contributed by atoms with van der Waals surface area (Å²) in [7, 11) is 0. The smallest absolute Gasteiger partial charge is 0.224 e. The Balaban J connectivity index is 1.60. The Labute approximate surface area is 147 Å². The summed E-state index contributed by atoms with van der Waals surface area (Å²) in [6.07, 6.45) is 4.55. The summed E-state index contributed by atoms with van der Waals surface area (Å²) in [5.41, 5.74) is 1.85. The number of amides is 1. The Morgan fingerprint density at radius 3 is 2.88 bits per heavy atom. The maximum absolute atomic E-state index is 12.4. The summed E-state index contributed by atoms with van der Waals surface area (Å²) >= 11 is 0. The third-order valence-electron chi connectivity index (χ3n) is 4.15. The molecule has 1 amide bonds. The number of ether oxygens (including phenoxy) is 1. The van der Waals surface area contributed by atoms with Crippen molar-refractivity contribution in [1.29, 1.82) is 0 Å². The number of nitrogens with one attached hydrogen (secondary N) is 2. The molecule has 0 aliphatic carbocycles. The number of aromatic nitrogens is 3. The molecule has 2 atom stereocenters. The second-order valence-electron chi connectivity index (χ2n) is 6.26. The molecular weight excluding hydrogens is 318 g/mol. The van der Waals surface area contributed by atoms with Gasteiger partial charge in [-0.3, -0.25) is 9.78 Å². The standard InChI is InChI=1S/C18H23N5O2/c1-12-3-4-14(10-20-12)9-18(24)23-15-6-8-25-11-16(15)22-17-5-7-19-13(2)21-17/h3-5,7,10,15-16H,6,8-9,11H2,1-2H3,(H,23,24)(H,19,21,22)/t15-,16+/m0/s1. The van der Waals surface area contributed by atoms with Crippen LogP contribution in [0, 0.1) is 13.8 Å². The Morgan fingerprint density at radius 2 is 2.12 bits per heavy atom. The molecule has 3 rings (SSSR count). The van der Waals surface area contributed by atoms with Gasteiger partial charge in [0.25, 0.3) is 0 Å². The average Bonchev–Trinajstić information content (AvgIpc) is 2.59. The van der Waals surface area contributed by atoms with E-state index >= 15 is 0 Å². The first-order valence-corrected chi connectivity index (χ1v) is 8.45. The third kappa shape index (κ3) is 4.96. The molecule has 1 aliphatic rings. The molecule has 1 saturated heterocycles. The van der Waals surface area contributed by atoms with Crippen LogP contribution < -0.4 is 10.6 Å². The Kier molecular flexibility index (Phi) is 5.55. The second-order valence-corrected chi connectivity index (χ2v) is 6.26. The normalized spacial score (nSPS) is 20.1. The SMILES string of the molecule is Cc1ccc(CC(=O)N[C@H]2CCOC[C@H]2Nc2ccnc(C)n2)cn1. The molecule has 1 fully saturated rings. The van der Waals surface area contributed by atoms with E-state index in [9.17, 15) is 4.79 Å². The molecule has 1 aliphatic heterocycles. The monoisotopic (exact) mass is 341 g/mol. The van der Waals surface area contributed by atoms with Crippen LogP contribution in [0.4, 0.5) is 5.82 Å². The van der Waals surface area contributed by atoms with Gasteiger partial charge in [0.2, 0.25) is 5.91 Å². The van der Waals surface area contributed by atoms with Gasteiger partial charge < -0.3 is 15.4 Å². The highest BCUT2D eigenvalue weighted by molar-refractivity contribution is 5.78. The highest BCUT2D eigenvalue weighted by atomic mass is 16.5. The highest BCUT2D eigenvalue weighted by Crippen LogP contribution is 2.14. The number of pyridine rings is 1. The van der Waals surface area contributed by atoms with Crippen LogP contribution in [-0.4, -0.2) is 46.2 Å². The fourth-order valence-electron chi connectivity index (χ4n) is 2.83. The fourth-order valence-corrected chi connectivity index (χ4v) is 2.83. The van der Waals surface area contributed by atoms with Crippen molar-refractivity contribution in [2.75, 3.05) is 18.5 Å². The zero-order chi connectivity index (χ0) is 17.6. The maximum Gasteiger partial charge on any atom is 0.224 e. The minimum Gasteiger partial charge on any atom is -0.379 e. The van der Waals surface area contributed by atoms with E-state index in [0.717, 1.165) is 23.5 Å². The number of hydrogen-bond donors (Lipinski definition) is 2. The van der Waals surface area contributed by atoms with E-state index in [1.54, 1.807) is 12.4 Å². The molecule has 0 aromatic carbocycles. The first-order chi connectivity index (χ1) is 12.1.